The van der Waals surface area contributed by atoms with Gasteiger partial charge in [-0.3, -0.25) is 4.79 Å². The molecule has 2 bridgehead atoms. The highest BCUT2D eigenvalue weighted by Crippen LogP contribution is 2.68. The third-order valence-electron chi connectivity index (χ3n) is 9.19. The second kappa shape index (κ2) is 7.98. The van der Waals surface area contributed by atoms with Gasteiger partial charge in [0.25, 0.3) is 0 Å². The number of hydrogen-bond donors (Lipinski definition) is 1. The van der Waals surface area contributed by atoms with Crippen LogP contribution in [0.4, 0.5) is 0 Å². The number of aliphatic hydroxyl groups excluding tert-OH is 1. The molecule has 5 heteroatoms. The largest absolute Gasteiger partial charge is 0.396 e. The molecule has 0 saturated heterocycles. The third-order valence-corrected chi connectivity index (χ3v) is 9.19. The van der Waals surface area contributed by atoms with Crippen molar-refractivity contribution in [1.29, 1.82) is 0 Å². The average Bonchev–Trinajstić information content (AvgIpc) is 3.07. The number of ether oxygens (including phenoxy) is 3. The summed E-state index contributed by atoms with van der Waals surface area (Å²) in [4.78, 5) is 13.8. The van der Waals surface area contributed by atoms with Crippen molar-refractivity contribution in [1.82, 2.24) is 0 Å². The highest BCUT2D eigenvalue weighted by Gasteiger charge is 2.68. The minimum Gasteiger partial charge on any atom is -0.396 e. The molecule has 8 atom stereocenters. The van der Waals surface area contributed by atoms with Crippen molar-refractivity contribution >= 4 is 5.78 Å². The van der Waals surface area contributed by atoms with Gasteiger partial charge in [0.2, 0.25) is 0 Å². The number of hydrogen-bond acceptors (Lipinski definition) is 5. The fraction of sp³-hybridized carbons (Fsp3) is 0.957. The fourth-order valence-corrected chi connectivity index (χ4v) is 7.35. The lowest BCUT2D eigenvalue weighted by Crippen LogP contribution is -2.63. The van der Waals surface area contributed by atoms with Gasteiger partial charge in [-0.25, -0.2) is 0 Å². The van der Waals surface area contributed by atoms with Gasteiger partial charge >= 0.3 is 0 Å². The van der Waals surface area contributed by atoms with Crippen molar-refractivity contribution in [2.75, 3.05) is 27.6 Å². The first kappa shape index (κ1) is 22.2. The van der Waals surface area contributed by atoms with Gasteiger partial charge in [-0.05, 0) is 55.8 Å². The monoisotopic (exact) mass is 396 g/mol. The van der Waals surface area contributed by atoms with E-state index in [1.165, 1.54) is 0 Å². The number of carbonyl (C=O) groups is 1. The van der Waals surface area contributed by atoms with Gasteiger partial charge in [-0.1, -0.05) is 27.7 Å². The fourth-order valence-electron chi connectivity index (χ4n) is 7.35. The Balaban J connectivity index is 2.17. The van der Waals surface area contributed by atoms with E-state index in [1.807, 2.05) is 14.0 Å². The van der Waals surface area contributed by atoms with Crippen LogP contribution in [-0.2, 0) is 19.0 Å². The van der Waals surface area contributed by atoms with Crippen LogP contribution in [0.25, 0.3) is 0 Å². The lowest BCUT2D eigenvalue weighted by molar-refractivity contribution is -0.220. The molecule has 0 aromatic carbocycles. The number of Topliss-reactive ketones (excluding diaryl/α,β-unsaturated/α-hetero) is 1. The summed E-state index contributed by atoms with van der Waals surface area (Å²) < 4.78 is 17.6. The van der Waals surface area contributed by atoms with E-state index in [2.05, 4.69) is 20.8 Å². The Morgan fingerprint density at radius 1 is 1.14 bits per heavy atom. The minimum atomic E-state index is -0.575. The first-order valence-corrected chi connectivity index (χ1v) is 11.0. The topological polar surface area (TPSA) is 65.0 Å². The molecule has 1 N–H and O–H groups in total. The summed E-state index contributed by atoms with van der Waals surface area (Å²) in [6, 6.07) is 0. The summed E-state index contributed by atoms with van der Waals surface area (Å²) in [6.07, 6.45) is 5.42. The molecule has 0 amide bonds. The zero-order valence-electron chi connectivity index (χ0n) is 18.6. The molecule has 0 aliphatic heterocycles. The van der Waals surface area contributed by atoms with Gasteiger partial charge in [-0.2, -0.15) is 0 Å². The van der Waals surface area contributed by atoms with Crippen LogP contribution in [-0.4, -0.2) is 50.7 Å². The smallest absolute Gasteiger partial charge is 0.146 e. The van der Waals surface area contributed by atoms with Gasteiger partial charge in [0.15, 0.2) is 0 Å². The van der Waals surface area contributed by atoms with Crippen molar-refractivity contribution in [3.05, 3.63) is 0 Å². The van der Waals surface area contributed by atoms with Gasteiger partial charge in [0, 0.05) is 37.6 Å². The summed E-state index contributed by atoms with van der Waals surface area (Å²) in [7, 11) is 3.47. The Kier molecular flexibility index (Phi) is 6.32. The summed E-state index contributed by atoms with van der Waals surface area (Å²) in [5.41, 5.74) is -0.710. The molecule has 3 rings (SSSR count). The molecule has 5 nitrogen and oxygen atoms in total. The molecule has 3 aliphatic rings. The number of ketones is 1. The molecule has 2 unspecified atom stereocenters. The second-order valence-corrected chi connectivity index (χ2v) is 10.2. The number of carbonyl (C=O) groups excluding carboxylic acids is 1. The van der Waals surface area contributed by atoms with Gasteiger partial charge < -0.3 is 19.3 Å². The summed E-state index contributed by atoms with van der Waals surface area (Å²) in [5.74, 6) is 1.05. The first-order valence-electron chi connectivity index (χ1n) is 11.0. The van der Waals surface area contributed by atoms with Crippen molar-refractivity contribution < 1.29 is 24.1 Å². The Hall–Kier alpha value is -0.490. The van der Waals surface area contributed by atoms with Crippen LogP contribution in [0.15, 0.2) is 0 Å². The van der Waals surface area contributed by atoms with E-state index < -0.39 is 5.41 Å². The van der Waals surface area contributed by atoms with Crippen LogP contribution in [0.1, 0.15) is 66.2 Å². The molecule has 28 heavy (non-hydrogen) atoms. The van der Waals surface area contributed by atoms with Crippen LogP contribution >= 0.6 is 0 Å². The van der Waals surface area contributed by atoms with Crippen LogP contribution in [0.2, 0.25) is 0 Å². The third kappa shape index (κ3) is 3.08. The Morgan fingerprint density at radius 3 is 2.43 bits per heavy atom. The molecule has 3 aliphatic carbocycles. The molecule has 0 aromatic heterocycles. The minimum absolute atomic E-state index is 0.0232. The number of methoxy groups -OCH3 is 2. The van der Waals surface area contributed by atoms with Gasteiger partial charge in [-0.15, -0.1) is 0 Å². The van der Waals surface area contributed by atoms with Crippen LogP contribution < -0.4 is 0 Å². The molecule has 0 aromatic rings. The molecule has 162 valence electrons. The zero-order chi connectivity index (χ0) is 20.7. The SMILES string of the molecule is COCO[C@@H]1C[C@@](C)(CCO)C(=O)[C@H](C)C23CC[C@@H](C)[C@]1(C)C2[C@H](OC)CC3. The second-order valence-electron chi connectivity index (χ2n) is 10.2. The van der Waals surface area contributed by atoms with Gasteiger partial charge in [0.05, 0.1) is 12.2 Å². The lowest BCUT2D eigenvalue weighted by Gasteiger charge is -2.62. The standard InChI is InChI=1S/C23H40O5/c1-15-7-9-23-10-8-17(27-6)19(23)22(15,4)18(28-14-26-5)13-21(3,11-12-24)20(25)16(23)2/h15-19,24H,7-14H2,1-6H3/t15-,16+,17-,18-,19?,21-,22+,23?/m1/s1. The molecular weight excluding hydrogens is 356 g/mol. The van der Waals surface area contributed by atoms with E-state index in [9.17, 15) is 9.90 Å². The maximum Gasteiger partial charge on any atom is 0.146 e. The molecule has 3 fully saturated rings. The maximum absolute atomic E-state index is 13.8. The maximum atomic E-state index is 13.8. The number of rotatable bonds is 6. The molecule has 0 spiro atoms. The number of aliphatic hydroxyl groups is 1. The van der Waals surface area contributed by atoms with Gasteiger partial charge in [0.1, 0.15) is 12.6 Å². The predicted molar refractivity (Wildman–Crippen MR) is 108 cm³/mol. The quantitative estimate of drug-likeness (QED) is 0.692. The Bertz CT molecular complexity index is 579. The molecule has 0 heterocycles. The summed E-state index contributed by atoms with van der Waals surface area (Å²) in [6.45, 7) is 9.15. The van der Waals surface area contributed by atoms with E-state index in [4.69, 9.17) is 14.2 Å². The highest BCUT2D eigenvalue weighted by molar-refractivity contribution is 5.87. The van der Waals surface area contributed by atoms with Crippen molar-refractivity contribution in [3.63, 3.8) is 0 Å². The lowest BCUT2D eigenvalue weighted by atomic mass is 9.44. The van der Waals surface area contributed by atoms with E-state index >= 15 is 0 Å². The van der Waals surface area contributed by atoms with Crippen LogP contribution in [0.5, 0.6) is 0 Å². The van der Waals surface area contributed by atoms with E-state index in [1.54, 1.807) is 7.11 Å². The first-order chi connectivity index (χ1) is 13.2. The van der Waals surface area contributed by atoms with Crippen molar-refractivity contribution in [3.8, 4) is 0 Å². The Morgan fingerprint density at radius 2 is 1.82 bits per heavy atom. The molecular formula is C23H40O5. The highest BCUT2D eigenvalue weighted by atomic mass is 16.7. The normalized spacial score (nSPS) is 48.8. The van der Waals surface area contributed by atoms with Crippen LogP contribution in [0.3, 0.4) is 0 Å². The average molecular weight is 397 g/mol. The molecule has 3 saturated carbocycles. The summed E-state index contributed by atoms with van der Waals surface area (Å²) >= 11 is 0. The molecule has 0 radical (unpaired) electrons. The van der Waals surface area contributed by atoms with Crippen molar-refractivity contribution in [2.24, 2.45) is 34.0 Å². The summed E-state index contributed by atoms with van der Waals surface area (Å²) in [5, 5.41) is 9.76. The van der Waals surface area contributed by atoms with E-state index in [0.29, 0.717) is 30.5 Å². The predicted octanol–water partition coefficient (Wildman–Crippen LogP) is 3.82. The van der Waals surface area contributed by atoms with Crippen molar-refractivity contribution in [2.45, 2.75) is 78.4 Å². The van der Waals surface area contributed by atoms with E-state index in [-0.39, 0.29) is 42.4 Å². The zero-order valence-corrected chi connectivity index (χ0v) is 18.6. The van der Waals surface area contributed by atoms with Crippen LogP contribution in [0, 0.1) is 34.0 Å². The van der Waals surface area contributed by atoms with E-state index in [0.717, 1.165) is 25.7 Å². The Labute approximate surface area is 170 Å².